The van der Waals surface area contributed by atoms with E-state index >= 15 is 0 Å². The lowest BCUT2D eigenvalue weighted by molar-refractivity contribution is -0.136. The van der Waals surface area contributed by atoms with Crippen LogP contribution in [0.4, 0.5) is 0 Å². The van der Waals surface area contributed by atoms with Crippen molar-refractivity contribution in [2.24, 2.45) is 0 Å². The quantitative estimate of drug-likeness (QED) is 0.483. The van der Waals surface area contributed by atoms with E-state index in [2.05, 4.69) is 10.2 Å². The summed E-state index contributed by atoms with van der Waals surface area (Å²) >= 11 is 0. The molecule has 3 aliphatic heterocycles. The Balaban J connectivity index is 1.20. The molecule has 2 aromatic carbocycles. The summed E-state index contributed by atoms with van der Waals surface area (Å²) in [6, 6.07) is 18.3. The second-order valence-corrected chi connectivity index (χ2v) is 11.8. The maximum atomic E-state index is 13.5. The van der Waals surface area contributed by atoms with Gasteiger partial charge in [-0.25, -0.2) is 0 Å². The van der Waals surface area contributed by atoms with Crippen LogP contribution in [0.1, 0.15) is 53.6 Å². The fourth-order valence-electron chi connectivity index (χ4n) is 6.19. The van der Waals surface area contributed by atoms with Crippen LogP contribution >= 0.6 is 0 Å². The molecule has 1 aromatic heterocycles. The third kappa shape index (κ3) is 7.31. The smallest absolute Gasteiger partial charge is 0.289 e. The monoisotopic (exact) mass is 600 g/mol. The molecule has 44 heavy (non-hydrogen) atoms. The maximum Gasteiger partial charge on any atom is 0.289 e. The normalized spacial score (nSPS) is 21.8. The number of furan rings is 1. The number of benzene rings is 2. The Kier molecular flexibility index (Phi) is 9.28. The van der Waals surface area contributed by atoms with Crippen molar-refractivity contribution in [3.8, 4) is 11.5 Å². The lowest BCUT2D eigenvalue weighted by Gasteiger charge is -2.38. The molecule has 10 nitrogen and oxygen atoms in total. The average molecular weight is 601 g/mol. The molecular weight excluding hydrogens is 560 g/mol. The highest BCUT2D eigenvalue weighted by molar-refractivity contribution is 5.92. The van der Waals surface area contributed by atoms with Gasteiger partial charge < -0.3 is 29.0 Å². The predicted octanol–water partition coefficient (Wildman–Crippen LogP) is 3.99. The molecule has 232 valence electrons. The zero-order valence-corrected chi connectivity index (χ0v) is 25.2. The van der Waals surface area contributed by atoms with Crippen LogP contribution < -0.4 is 10.1 Å². The van der Waals surface area contributed by atoms with Crippen molar-refractivity contribution in [1.82, 2.24) is 20.0 Å². The van der Waals surface area contributed by atoms with Gasteiger partial charge in [0.05, 0.1) is 38.3 Å². The van der Waals surface area contributed by atoms with Gasteiger partial charge in [0.15, 0.2) is 5.76 Å². The number of nitrogens with zero attached hydrogens (tertiary/aromatic N) is 3. The standard InChI is InChI=1S/C34H40N4O6/c1-2-37-22-32(39)35-29-21-38(34(41)31-12-11-28(44-31)20-36-14-3-4-15-36)16-13-30(29)42-23-25-8-6-10-27(18-25)43-26-9-5-7-24(17-26)19-33(37)40/h5-12,17-18,29-30H,2-4,13-16,19-23H2,1H3,(H,35,39)/t29-,30-/m0/s1. The van der Waals surface area contributed by atoms with Crippen LogP contribution in [-0.2, 0) is 33.9 Å². The molecule has 1 N–H and O–H groups in total. The van der Waals surface area contributed by atoms with E-state index in [0.29, 0.717) is 49.9 Å². The van der Waals surface area contributed by atoms with Gasteiger partial charge >= 0.3 is 0 Å². The van der Waals surface area contributed by atoms with E-state index in [9.17, 15) is 14.4 Å². The summed E-state index contributed by atoms with van der Waals surface area (Å²) < 4.78 is 18.4. The number of carbonyl (C=O) groups is 3. The lowest BCUT2D eigenvalue weighted by Crippen LogP contribution is -2.58. The SMILES string of the molecule is CCN1CC(=O)N[C@H]2CN(C(=O)c3ccc(CN4CCCC4)o3)CC[C@@H]2OCc2cccc(c2)Oc2cccc(c2)CC1=O. The Morgan fingerprint density at radius 2 is 1.70 bits per heavy atom. The van der Waals surface area contributed by atoms with Gasteiger partial charge in [-0.1, -0.05) is 24.3 Å². The molecule has 0 radical (unpaired) electrons. The number of piperidine rings is 1. The Labute approximate surface area is 257 Å². The number of likely N-dealkylation sites (tertiary alicyclic amines) is 2. The number of amides is 3. The van der Waals surface area contributed by atoms with Crippen molar-refractivity contribution < 1.29 is 28.3 Å². The van der Waals surface area contributed by atoms with Gasteiger partial charge in [-0.3, -0.25) is 19.3 Å². The number of nitrogens with one attached hydrogen (secondary N) is 1. The van der Waals surface area contributed by atoms with Crippen LogP contribution in [0, 0.1) is 0 Å². The van der Waals surface area contributed by atoms with Crippen LogP contribution in [-0.4, -0.2) is 83.8 Å². The zero-order chi connectivity index (χ0) is 30.5. The largest absolute Gasteiger partial charge is 0.457 e. The highest BCUT2D eigenvalue weighted by Gasteiger charge is 2.35. The summed E-state index contributed by atoms with van der Waals surface area (Å²) in [6.45, 7) is 6.01. The fourth-order valence-corrected chi connectivity index (χ4v) is 6.19. The molecule has 10 heteroatoms. The number of fused-ring (bicyclic) bond motifs is 5. The molecule has 3 aromatic rings. The number of hydrogen-bond donors (Lipinski definition) is 1. The first kappa shape index (κ1) is 29.9. The van der Waals surface area contributed by atoms with Crippen LogP contribution in [0.25, 0.3) is 0 Å². The number of likely N-dealkylation sites (N-methyl/N-ethyl adjacent to an activating group) is 1. The van der Waals surface area contributed by atoms with E-state index in [0.717, 1.165) is 30.0 Å². The molecule has 0 aliphatic carbocycles. The molecule has 0 spiro atoms. The van der Waals surface area contributed by atoms with E-state index in [-0.39, 0.29) is 43.3 Å². The number of rotatable bonds is 4. The molecular formula is C34H40N4O6. The minimum atomic E-state index is -0.460. The molecule has 2 saturated heterocycles. The van der Waals surface area contributed by atoms with Crippen molar-refractivity contribution >= 4 is 17.7 Å². The third-order valence-corrected chi connectivity index (χ3v) is 8.55. The number of hydrogen-bond acceptors (Lipinski definition) is 7. The van der Waals surface area contributed by atoms with Gasteiger partial charge in [-0.15, -0.1) is 0 Å². The average Bonchev–Trinajstić information content (AvgIpc) is 3.71. The summed E-state index contributed by atoms with van der Waals surface area (Å²) in [5.41, 5.74) is 1.73. The summed E-state index contributed by atoms with van der Waals surface area (Å²) in [4.78, 5) is 45.6. The van der Waals surface area contributed by atoms with E-state index in [1.165, 1.54) is 17.7 Å². The van der Waals surface area contributed by atoms with E-state index in [1.807, 2.05) is 61.5 Å². The summed E-state index contributed by atoms with van der Waals surface area (Å²) in [6.07, 6.45) is 2.74. The van der Waals surface area contributed by atoms with E-state index in [1.54, 1.807) is 11.0 Å². The Morgan fingerprint density at radius 1 is 0.955 bits per heavy atom. The van der Waals surface area contributed by atoms with Crippen LogP contribution in [0.5, 0.6) is 11.5 Å². The Bertz CT molecular complexity index is 1480. The molecule has 4 heterocycles. The minimum Gasteiger partial charge on any atom is -0.457 e. The first-order chi connectivity index (χ1) is 21.4. The highest BCUT2D eigenvalue weighted by atomic mass is 16.5. The van der Waals surface area contributed by atoms with Crippen molar-refractivity contribution in [3.63, 3.8) is 0 Å². The fraction of sp³-hybridized carbons (Fsp3) is 0.441. The summed E-state index contributed by atoms with van der Waals surface area (Å²) in [7, 11) is 0. The molecule has 0 unspecified atom stereocenters. The topological polar surface area (TPSA) is 105 Å². The van der Waals surface area contributed by atoms with Gasteiger partial charge in [0.25, 0.3) is 5.91 Å². The molecule has 4 bridgehead atoms. The molecule has 6 rings (SSSR count). The molecule has 2 atom stereocenters. The number of ether oxygens (including phenoxy) is 2. The minimum absolute atomic E-state index is 0.0818. The molecule has 3 amide bonds. The van der Waals surface area contributed by atoms with Gasteiger partial charge in [0.1, 0.15) is 17.3 Å². The predicted molar refractivity (Wildman–Crippen MR) is 163 cm³/mol. The van der Waals surface area contributed by atoms with Crippen molar-refractivity contribution in [3.05, 3.63) is 83.3 Å². The zero-order valence-electron chi connectivity index (χ0n) is 25.2. The Hall–Kier alpha value is -4.15. The van der Waals surface area contributed by atoms with Gasteiger partial charge in [-0.05, 0) is 86.8 Å². The second kappa shape index (κ2) is 13.7. The van der Waals surface area contributed by atoms with Crippen LogP contribution in [0.15, 0.2) is 65.1 Å². The lowest BCUT2D eigenvalue weighted by atomic mass is 10.0. The van der Waals surface area contributed by atoms with E-state index < -0.39 is 6.04 Å². The van der Waals surface area contributed by atoms with Crippen molar-refractivity contribution in [2.45, 2.75) is 57.9 Å². The first-order valence-electron chi connectivity index (χ1n) is 15.6. The third-order valence-electron chi connectivity index (χ3n) is 8.55. The molecule has 0 saturated carbocycles. The summed E-state index contributed by atoms with van der Waals surface area (Å²) in [5.74, 6) is 1.74. The van der Waals surface area contributed by atoms with Gasteiger partial charge in [0.2, 0.25) is 11.8 Å². The van der Waals surface area contributed by atoms with Crippen molar-refractivity contribution in [1.29, 1.82) is 0 Å². The van der Waals surface area contributed by atoms with Crippen LogP contribution in [0.3, 0.4) is 0 Å². The van der Waals surface area contributed by atoms with E-state index in [4.69, 9.17) is 13.9 Å². The highest BCUT2D eigenvalue weighted by Crippen LogP contribution is 2.26. The van der Waals surface area contributed by atoms with Gasteiger partial charge in [0, 0.05) is 19.6 Å². The summed E-state index contributed by atoms with van der Waals surface area (Å²) in [5, 5.41) is 3.09. The maximum absolute atomic E-state index is 13.5. The Morgan fingerprint density at radius 3 is 2.48 bits per heavy atom. The molecule has 3 aliphatic rings. The second-order valence-electron chi connectivity index (χ2n) is 11.8. The van der Waals surface area contributed by atoms with Crippen LogP contribution in [0.2, 0.25) is 0 Å². The van der Waals surface area contributed by atoms with Crippen molar-refractivity contribution in [2.75, 3.05) is 39.3 Å². The first-order valence-corrected chi connectivity index (χ1v) is 15.6. The molecule has 2 fully saturated rings. The number of carbonyl (C=O) groups excluding carboxylic acids is 3. The van der Waals surface area contributed by atoms with Gasteiger partial charge in [-0.2, -0.15) is 0 Å².